The number of hydrazine groups is 1. The largest absolute Gasteiger partial charge is 0.271 e. The van der Waals surface area contributed by atoms with Crippen molar-refractivity contribution in [3.63, 3.8) is 0 Å². The number of benzene rings is 1. The maximum atomic E-state index is 5.70. The maximum absolute atomic E-state index is 5.70. The average molecular weight is 230 g/mol. The highest BCUT2D eigenvalue weighted by Gasteiger charge is 2.15. The van der Waals surface area contributed by atoms with Crippen LogP contribution in [0.2, 0.25) is 0 Å². The molecule has 2 nitrogen and oxygen atoms in total. The molecule has 2 rings (SSSR count). The Hall–Kier alpha value is -1.12. The van der Waals surface area contributed by atoms with Crippen LogP contribution in [0.4, 0.5) is 0 Å². The van der Waals surface area contributed by atoms with Crippen molar-refractivity contribution in [2.24, 2.45) is 5.84 Å². The van der Waals surface area contributed by atoms with Crippen molar-refractivity contribution in [2.45, 2.75) is 45.1 Å². The molecular weight excluding hydrogens is 208 g/mol. The van der Waals surface area contributed by atoms with Crippen LogP contribution in [0.25, 0.3) is 0 Å². The number of aryl methyl sites for hydroxylation is 1. The lowest BCUT2D eigenvalue weighted by Crippen LogP contribution is -2.38. The van der Waals surface area contributed by atoms with E-state index in [0.29, 0.717) is 6.04 Å². The van der Waals surface area contributed by atoms with Gasteiger partial charge in [0.1, 0.15) is 0 Å². The van der Waals surface area contributed by atoms with Crippen molar-refractivity contribution < 1.29 is 0 Å². The monoisotopic (exact) mass is 230 g/mol. The van der Waals surface area contributed by atoms with E-state index in [4.69, 9.17) is 5.84 Å². The second-order valence-corrected chi connectivity index (χ2v) is 4.94. The minimum absolute atomic E-state index is 0.303. The van der Waals surface area contributed by atoms with Crippen molar-refractivity contribution in [1.29, 1.82) is 0 Å². The lowest BCUT2D eigenvalue weighted by atomic mass is 9.90. The van der Waals surface area contributed by atoms with Gasteiger partial charge >= 0.3 is 0 Å². The first kappa shape index (κ1) is 12.3. The molecule has 1 aliphatic carbocycles. The molecule has 0 aromatic heterocycles. The predicted molar refractivity (Wildman–Crippen MR) is 72.5 cm³/mol. The van der Waals surface area contributed by atoms with E-state index >= 15 is 0 Å². The molecular formula is C15H22N2. The van der Waals surface area contributed by atoms with E-state index in [1.54, 1.807) is 0 Å². The minimum atomic E-state index is 0.303. The highest BCUT2D eigenvalue weighted by Crippen LogP contribution is 2.22. The van der Waals surface area contributed by atoms with Crippen molar-refractivity contribution in [2.75, 3.05) is 0 Å². The number of nitrogens with two attached hydrogens (primary N) is 1. The van der Waals surface area contributed by atoms with Crippen molar-refractivity contribution in [3.05, 3.63) is 47.0 Å². The number of hydrogen-bond acceptors (Lipinski definition) is 2. The van der Waals surface area contributed by atoms with E-state index in [-0.39, 0.29) is 0 Å². The van der Waals surface area contributed by atoms with Gasteiger partial charge < -0.3 is 0 Å². The topological polar surface area (TPSA) is 38.0 Å². The van der Waals surface area contributed by atoms with Crippen LogP contribution < -0.4 is 11.3 Å². The summed E-state index contributed by atoms with van der Waals surface area (Å²) >= 11 is 0. The van der Waals surface area contributed by atoms with Crippen LogP contribution in [-0.4, -0.2) is 6.04 Å². The lowest BCUT2D eigenvalue weighted by molar-refractivity contribution is 0.542. The smallest absolute Gasteiger partial charge is 0.0460 e. The van der Waals surface area contributed by atoms with Gasteiger partial charge in [-0.05, 0) is 44.6 Å². The normalized spacial score (nSPS) is 17.6. The molecule has 1 aromatic rings. The molecule has 1 unspecified atom stereocenters. The van der Waals surface area contributed by atoms with E-state index < -0.39 is 0 Å². The summed E-state index contributed by atoms with van der Waals surface area (Å²) in [7, 11) is 0. The molecule has 92 valence electrons. The molecule has 0 saturated heterocycles. The standard InChI is InChI=1S/C15H22N2/c1-12-6-5-7-13(10-12)11-15(17-16)14-8-3-2-4-9-14/h5-8,10,15,17H,2-4,9,11,16H2,1H3. The summed E-state index contributed by atoms with van der Waals surface area (Å²) in [5.41, 5.74) is 7.13. The summed E-state index contributed by atoms with van der Waals surface area (Å²) in [4.78, 5) is 0. The van der Waals surface area contributed by atoms with Crippen LogP contribution in [0.1, 0.15) is 36.8 Å². The molecule has 0 radical (unpaired) electrons. The summed E-state index contributed by atoms with van der Waals surface area (Å²) in [6, 6.07) is 8.98. The van der Waals surface area contributed by atoms with E-state index in [1.807, 2.05) is 0 Å². The Morgan fingerprint density at radius 2 is 2.24 bits per heavy atom. The first-order chi connectivity index (χ1) is 8.29. The van der Waals surface area contributed by atoms with Crippen LogP contribution in [-0.2, 0) is 6.42 Å². The van der Waals surface area contributed by atoms with Gasteiger partial charge in [-0.15, -0.1) is 0 Å². The molecule has 0 bridgehead atoms. The fraction of sp³-hybridized carbons (Fsp3) is 0.467. The Morgan fingerprint density at radius 3 is 2.88 bits per heavy atom. The van der Waals surface area contributed by atoms with E-state index in [9.17, 15) is 0 Å². The summed E-state index contributed by atoms with van der Waals surface area (Å²) in [5.74, 6) is 5.70. The van der Waals surface area contributed by atoms with Gasteiger partial charge in [0.05, 0.1) is 0 Å². The van der Waals surface area contributed by atoms with E-state index in [2.05, 4.69) is 42.7 Å². The van der Waals surface area contributed by atoms with Crippen molar-refractivity contribution in [3.8, 4) is 0 Å². The molecule has 0 spiro atoms. The lowest BCUT2D eigenvalue weighted by Gasteiger charge is -2.22. The van der Waals surface area contributed by atoms with Crippen LogP contribution in [0, 0.1) is 6.92 Å². The molecule has 3 N–H and O–H groups in total. The SMILES string of the molecule is Cc1cccc(CC(NN)C2=CCCCC2)c1. The summed E-state index contributed by atoms with van der Waals surface area (Å²) in [5, 5.41) is 0. The Kier molecular flexibility index (Phi) is 4.35. The maximum Gasteiger partial charge on any atom is 0.0460 e. The van der Waals surface area contributed by atoms with Gasteiger partial charge in [-0.2, -0.15) is 0 Å². The van der Waals surface area contributed by atoms with Crippen LogP contribution >= 0.6 is 0 Å². The van der Waals surface area contributed by atoms with Gasteiger partial charge in [-0.3, -0.25) is 11.3 Å². The third kappa shape index (κ3) is 3.42. The molecule has 0 fully saturated rings. The van der Waals surface area contributed by atoms with Gasteiger partial charge in [-0.25, -0.2) is 0 Å². The zero-order chi connectivity index (χ0) is 12.1. The second kappa shape index (κ2) is 5.99. The molecule has 1 aliphatic rings. The highest BCUT2D eigenvalue weighted by molar-refractivity contribution is 5.25. The number of nitrogens with one attached hydrogen (secondary N) is 1. The Bertz CT molecular complexity index is 396. The number of rotatable bonds is 4. The van der Waals surface area contributed by atoms with E-state index in [1.165, 1.54) is 42.4 Å². The van der Waals surface area contributed by atoms with Gasteiger partial charge in [0.15, 0.2) is 0 Å². The fourth-order valence-corrected chi connectivity index (χ4v) is 2.55. The number of allylic oxidation sites excluding steroid dienone is 1. The summed E-state index contributed by atoms with van der Waals surface area (Å²) < 4.78 is 0. The molecule has 0 heterocycles. The molecule has 0 saturated carbocycles. The molecule has 1 atom stereocenters. The second-order valence-electron chi connectivity index (χ2n) is 4.94. The van der Waals surface area contributed by atoms with Gasteiger partial charge in [0, 0.05) is 6.04 Å². The fourth-order valence-electron chi connectivity index (χ4n) is 2.55. The molecule has 0 aliphatic heterocycles. The average Bonchev–Trinajstić information content (AvgIpc) is 2.37. The third-order valence-electron chi connectivity index (χ3n) is 3.50. The molecule has 0 amide bonds. The summed E-state index contributed by atoms with van der Waals surface area (Å²) in [6.45, 7) is 2.13. The Labute approximate surface area is 104 Å². The minimum Gasteiger partial charge on any atom is -0.271 e. The van der Waals surface area contributed by atoms with Crippen molar-refractivity contribution in [1.82, 2.24) is 5.43 Å². The van der Waals surface area contributed by atoms with Crippen molar-refractivity contribution >= 4 is 0 Å². The predicted octanol–water partition coefficient (Wildman–Crippen LogP) is 2.87. The Morgan fingerprint density at radius 1 is 1.35 bits per heavy atom. The Balaban J connectivity index is 2.06. The van der Waals surface area contributed by atoms with Crippen LogP contribution in [0.3, 0.4) is 0 Å². The zero-order valence-electron chi connectivity index (χ0n) is 10.6. The quantitative estimate of drug-likeness (QED) is 0.474. The molecule has 1 aromatic carbocycles. The summed E-state index contributed by atoms with van der Waals surface area (Å²) in [6.07, 6.45) is 8.39. The highest BCUT2D eigenvalue weighted by atomic mass is 15.2. The zero-order valence-corrected chi connectivity index (χ0v) is 10.6. The van der Waals surface area contributed by atoms with Gasteiger partial charge in [-0.1, -0.05) is 41.5 Å². The number of hydrogen-bond donors (Lipinski definition) is 2. The first-order valence-electron chi connectivity index (χ1n) is 6.50. The van der Waals surface area contributed by atoms with E-state index in [0.717, 1.165) is 6.42 Å². The van der Waals surface area contributed by atoms with Gasteiger partial charge in [0.25, 0.3) is 0 Å². The third-order valence-corrected chi connectivity index (χ3v) is 3.50. The van der Waals surface area contributed by atoms with Gasteiger partial charge in [0.2, 0.25) is 0 Å². The van der Waals surface area contributed by atoms with Crippen LogP contribution in [0.15, 0.2) is 35.9 Å². The molecule has 2 heteroatoms. The first-order valence-corrected chi connectivity index (χ1v) is 6.50. The molecule has 17 heavy (non-hydrogen) atoms. The van der Waals surface area contributed by atoms with Crippen LogP contribution in [0.5, 0.6) is 0 Å².